The lowest BCUT2D eigenvalue weighted by Gasteiger charge is -2.10. The van der Waals surface area contributed by atoms with Crippen LogP contribution in [0.5, 0.6) is 5.75 Å². The Kier molecular flexibility index (Phi) is 3.75. The van der Waals surface area contributed by atoms with E-state index in [1.54, 1.807) is 12.3 Å². The molecular weight excluding hydrogens is 335 g/mol. The Bertz CT molecular complexity index is 807. The zero-order valence-electron chi connectivity index (χ0n) is 11.0. The number of hydrogen-bond donors (Lipinski definition) is 2. The van der Waals surface area contributed by atoms with Crippen LogP contribution >= 0.6 is 15.9 Å². The van der Waals surface area contributed by atoms with Crippen molar-refractivity contribution in [3.8, 4) is 5.75 Å². The van der Waals surface area contributed by atoms with Crippen LogP contribution in [0.3, 0.4) is 0 Å². The van der Waals surface area contributed by atoms with Crippen LogP contribution in [-0.4, -0.2) is 10.1 Å². The number of pyridine rings is 1. The topological polar surface area (TPSA) is 45.1 Å². The van der Waals surface area contributed by atoms with E-state index in [2.05, 4.69) is 26.2 Å². The summed E-state index contributed by atoms with van der Waals surface area (Å²) in [4.78, 5) is 4.40. The molecule has 0 unspecified atom stereocenters. The molecule has 1 aromatic heterocycles. The number of phenolic OH excluding ortho intramolecular Hbond substituents is 1. The van der Waals surface area contributed by atoms with Crippen LogP contribution in [-0.2, 0) is 6.54 Å². The average Bonchev–Trinajstić information content (AvgIpc) is 2.48. The van der Waals surface area contributed by atoms with Gasteiger partial charge in [-0.1, -0.05) is 18.2 Å². The number of para-hydroxylation sites is 1. The number of benzene rings is 2. The van der Waals surface area contributed by atoms with Gasteiger partial charge in [0.05, 0.1) is 11.2 Å². The van der Waals surface area contributed by atoms with Crippen LogP contribution in [0.2, 0.25) is 0 Å². The second-order valence-corrected chi connectivity index (χ2v) is 5.59. The van der Waals surface area contributed by atoms with Gasteiger partial charge in [0, 0.05) is 22.6 Å². The summed E-state index contributed by atoms with van der Waals surface area (Å²) in [6, 6.07) is 12.2. The molecule has 106 valence electrons. The van der Waals surface area contributed by atoms with Crippen molar-refractivity contribution < 1.29 is 9.50 Å². The third-order valence-corrected chi connectivity index (χ3v) is 3.61. The molecule has 0 aliphatic carbocycles. The highest BCUT2D eigenvalue weighted by molar-refractivity contribution is 9.10. The summed E-state index contributed by atoms with van der Waals surface area (Å²) in [5, 5.41) is 13.5. The van der Waals surface area contributed by atoms with Crippen LogP contribution in [0.15, 0.2) is 53.1 Å². The predicted molar refractivity (Wildman–Crippen MR) is 84.8 cm³/mol. The Balaban J connectivity index is 1.86. The summed E-state index contributed by atoms with van der Waals surface area (Å²) >= 11 is 3.40. The van der Waals surface area contributed by atoms with E-state index in [1.807, 2.05) is 24.3 Å². The van der Waals surface area contributed by atoms with Crippen molar-refractivity contribution >= 4 is 32.5 Å². The summed E-state index contributed by atoms with van der Waals surface area (Å²) in [5.74, 6) is -0.954. The molecule has 2 aromatic carbocycles. The first-order valence-electron chi connectivity index (χ1n) is 6.39. The van der Waals surface area contributed by atoms with Crippen LogP contribution in [0.25, 0.3) is 10.9 Å². The number of aromatic hydroxyl groups is 1. The quantitative estimate of drug-likeness (QED) is 0.736. The molecular formula is C16H12BrFN2O. The third kappa shape index (κ3) is 2.97. The Morgan fingerprint density at radius 2 is 2.05 bits per heavy atom. The van der Waals surface area contributed by atoms with Crippen molar-refractivity contribution in [2.24, 2.45) is 0 Å². The maximum atomic E-state index is 13.3. The maximum Gasteiger partial charge on any atom is 0.165 e. The molecule has 1 heterocycles. The summed E-state index contributed by atoms with van der Waals surface area (Å²) in [6.07, 6.45) is 1.74. The van der Waals surface area contributed by atoms with Gasteiger partial charge in [0.1, 0.15) is 0 Å². The Morgan fingerprint density at radius 1 is 1.19 bits per heavy atom. The minimum Gasteiger partial charge on any atom is -0.505 e. The molecule has 0 bridgehead atoms. The highest BCUT2D eigenvalue weighted by atomic mass is 79.9. The second-order valence-electron chi connectivity index (χ2n) is 4.67. The van der Waals surface area contributed by atoms with E-state index < -0.39 is 5.82 Å². The lowest BCUT2D eigenvalue weighted by Crippen LogP contribution is -2.01. The monoisotopic (exact) mass is 346 g/mol. The van der Waals surface area contributed by atoms with Crippen LogP contribution < -0.4 is 5.32 Å². The largest absolute Gasteiger partial charge is 0.505 e. The van der Waals surface area contributed by atoms with Gasteiger partial charge in [-0.05, 0) is 45.8 Å². The Labute approximate surface area is 129 Å². The molecule has 0 saturated heterocycles. The summed E-state index contributed by atoms with van der Waals surface area (Å²) < 4.78 is 14.2. The number of rotatable bonds is 3. The lowest BCUT2D eigenvalue weighted by atomic mass is 10.1. The molecule has 0 aliphatic heterocycles. The van der Waals surface area contributed by atoms with Gasteiger partial charge in [0.25, 0.3) is 0 Å². The van der Waals surface area contributed by atoms with Crippen molar-refractivity contribution in [3.63, 3.8) is 0 Å². The number of fused-ring (bicyclic) bond motifs is 1. The number of phenols is 1. The molecule has 0 aliphatic rings. The SMILES string of the molecule is Oc1ccc(CNc2cccc3cc(Br)cnc23)cc1F. The van der Waals surface area contributed by atoms with E-state index in [0.29, 0.717) is 6.54 Å². The Hall–Kier alpha value is -2.14. The van der Waals surface area contributed by atoms with Crippen molar-refractivity contribution in [1.82, 2.24) is 4.98 Å². The van der Waals surface area contributed by atoms with Crippen LogP contribution in [0, 0.1) is 5.82 Å². The Morgan fingerprint density at radius 3 is 2.86 bits per heavy atom. The maximum absolute atomic E-state index is 13.3. The molecule has 0 radical (unpaired) electrons. The van der Waals surface area contributed by atoms with Gasteiger partial charge in [-0.3, -0.25) is 4.98 Å². The molecule has 21 heavy (non-hydrogen) atoms. The number of anilines is 1. The van der Waals surface area contributed by atoms with Gasteiger partial charge in [-0.25, -0.2) is 4.39 Å². The summed E-state index contributed by atoms with van der Waals surface area (Å²) in [6.45, 7) is 0.452. The van der Waals surface area contributed by atoms with E-state index in [0.717, 1.165) is 26.6 Å². The number of hydrogen-bond acceptors (Lipinski definition) is 3. The predicted octanol–water partition coefficient (Wildman–Crippen LogP) is 4.45. The van der Waals surface area contributed by atoms with E-state index in [4.69, 9.17) is 0 Å². The second kappa shape index (κ2) is 5.69. The smallest absolute Gasteiger partial charge is 0.165 e. The molecule has 3 rings (SSSR count). The zero-order chi connectivity index (χ0) is 14.8. The molecule has 0 amide bonds. The van der Waals surface area contributed by atoms with Crippen LogP contribution in [0.1, 0.15) is 5.56 Å². The first-order valence-corrected chi connectivity index (χ1v) is 7.18. The molecule has 0 spiro atoms. The van der Waals surface area contributed by atoms with Gasteiger partial charge in [0.15, 0.2) is 11.6 Å². The average molecular weight is 347 g/mol. The lowest BCUT2D eigenvalue weighted by molar-refractivity contribution is 0.432. The summed E-state index contributed by atoms with van der Waals surface area (Å²) in [5.41, 5.74) is 2.49. The van der Waals surface area contributed by atoms with Crippen molar-refractivity contribution in [2.45, 2.75) is 6.54 Å². The minimum absolute atomic E-state index is 0.338. The van der Waals surface area contributed by atoms with Crippen molar-refractivity contribution in [1.29, 1.82) is 0 Å². The van der Waals surface area contributed by atoms with Crippen molar-refractivity contribution in [2.75, 3.05) is 5.32 Å². The van der Waals surface area contributed by atoms with Crippen molar-refractivity contribution in [3.05, 3.63) is 64.5 Å². The number of halogens is 2. The normalized spacial score (nSPS) is 10.8. The minimum atomic E-state index is -0.616. The molecule has 3 nitrogen and oxygen atoms in total. The van der Waals surface area contributed by atoms with Gasteiger partial charge >= 0.3 is 0 Å². The molecule has 5 heteroatoms. The first kappa shape index (κ1) is 13.8. The fourth-order valence-corrected chi connectivity index (χ4v) is 2.48. The first-order chi connectivity index (χ1) is 10.1. The third-order valence-electron chi connectivity index (χ3n) is 3.17. The van der Waals surface area contributed by atoms with Gasteiger partial charge in [-0.15, -0.1) is 0 Å². The fourth-order valence-electron chi connectivity index (χ4n) is 2.13. The van der Waals surface area contributed by atoms with E-state index in [-0.39, 0.29) is 5.75 Å². The fraction of sp³-hybridized carbons (Fsp3) is 0.0625. The van der Waals surface area contributed by atoms with E-state index >= 15 is 0 Å². The highest BCUT2D eigenvalue weighted by Gasteiger charge is 2.05. The number of nitrogens with zero attached hydrogens (tertiary/aromatic N) is 1. The molecule has 0 atom stereocenters. The molecule has 0 saturated carbocycles. The van der Waals surface area contributed by atoms with Gasteiger partial charge < -0.3 is 10.4 Å². The molecule has 2 N–H and O–H groups in total. The van der Waals surface area contributed by atoms with Crippen LogP contribution in [0.4, 0.5) is 10.1 Å². The van der Waals surface area contributed by atoms with Gasteiger partial charge in [-0.2, -0.15) is 0 Å². The summed E-state index contributed by atoms with van der Waals surface area (Å²) in [7, 11) is 0. The zero-order valence-corrected chi connectivity index (χ0v) is 12.6. The standard InChI is InChI=1S/C16H12BrFN2O/c17-12-7-11-2-1-3-14(16(11)20-9-12)19-8-10-4-5-15(21)13(18)6-10/h1-7,9,19,21H,8H2. The molecule has 3 aromatic rings. The number of aromatic nitrogens is 1. The van der Waals surface area contributed by atoms with Gasteiger partial charge in [0.2, 0.25) is 0 Å². The molecule has 0 fully saturated rings. The highest BCUT2D eigenvalue weighted by Crippen LogP contribution is 2.24. The van der Waals surface area contributed by atoms with E-state index in [1.165, 1.54) is 12.1 Å². The van der Waals surface area contributed by atoms with E-state index in [9.17, 15) is 9.50 Å². The number of nitrogens with one attached hydrogen (secondary N) is 1.